The van der Waals surface area contributed by atoms with Crippen LogP contribution < -0.4 is 10.6 Å². The lowest BCUT2D eigenvalue weighted by Gasteiger charge is -2.17. The van der Waals surface area contributed by atoms with E-state index in [4.69, 9.17) is 16.3 Å². The van der Waals surface area contributed by atoms with Gasteiger partial charge in [0.15, 0.2) is 6.61 Å². The third kappa shape index (κ3) is 7.79. The molecule has 0 heterocycles. The second-order valence-corrected chi connectivity index (χ2v) is 7.24. The second-order valence-electron chi connectivity index (χ2n) is 6.83. The van der Waals surface area contributed by atoms with Crippen molar-refractivity contribution < 1.29 is 37.1 Å². The number of alkyl halides is 3. The molecule has 0 saturated heterocycles. The summed E-state index contributed by atoms with van der Waals surface area (Å²) in [6.07, 6.45) is -4.70. The predicted octanol–water partition coefficient (Wildman–Crippen LogP) is 3.57. The highest BCUT2D eigenvalue weighted by Crippen LogP contribution is 2.36. The molecular formula is C21H19ClF3N3O5. The first kappa shape index (κ1) is 25.7. The van der Waals surface area contributed by atoms with Crippen molar-refractivity contribution in [3.8, 4) is 0 Å². The van der Waals surface area contributed by atoms with E-state index in [1.165, 1.54) is 38.2 Å². The molecule has 2 aromatic rings. The molecule has 2 N–H and O–H groups in total. The number of carbonyl (C=O) groups excluding carboxylic acids is 4. The lowest BCUT2D eigenvalue weighted by molar-refractivity contribution is -0.137. The number of rotatable bonds is 7. The molecule has 8 nitrogen and oxygen atoms in total. The van der Waals surface area contributed by atoms with E-state index in [-0.39, 0.29) is 17.2 Å². The van der Waals surface area contributed by atoms with E-state index >= 15 is 0 Å². The van der Waals surface area contributed by atoms with Crippen molar-refractivity contribution in [2.45, 2.75) is 13.1 Å². The Morgan fingerprint density at radius 2 is 1.70 bits per heavy atom. The topological polar surface area (TPSA) is 105 Å². The molecule has 2 aromatic carbocycles. The van der Waals surface area contributed by atoms with Crippen molar-refractivity contribution >= 4 is 46.7 Å². The van der Waals surface area contributed by atoms with Crippen LogP contribution in [0.3, 0.4) is 0 Å². The van der Waals surface area contributed by atoms with E-state index in [1.54, 1.807) is 6.07 Å². The average molecular weight is 486 g/mol. The van der Waals surface area contributed by atoms with Gasteiger partial charge in [-0.25, -0.2) is 4.79 Å². The largest absolute Gasteiger partial charge is 0.452 e. The number of ether oxygens (including phenoxy) is 1. The zero-order chi connectivity index (χ0) is 24.8. The fourth-order valence-electron chi connectivity index (χ4n) is 2.57. The summed E-state index contributed by atoms with van der Waals surface area (Å²) in [7, 11) is 1.26. The Hall–Kier alpha value is -3.60. The molecule has 3 amide bonds. The molecule has 33 heavy (non-hydrogen) atoms. The zero-order valence-corrected chi connectivity index (χ0v) is 18.2. The van der Waals surface area contributed by atoms with Gasteiger partial charge >= 0.3 is 12.1 Å². The molecule has 176 valence electrons. The minimum atomic E-state index is -4.70. The Morgan fingerprint density at radius 1 is 1.03 bits per heavy atom. The molecule has 0 aliphatic heterocycles. The maximum absolute atomic E-state index is 12.9. The van der Waals surface area contributed by atoms with Crippen LogP contribution in [-0.4, -0.2) is 48.8 Å². The lowest BCUT2D eigenvalue weighted by Crippen LogP contribution is -2.37. The number of benzene rings is 2. The quantitative estimate of drug-likeness (QED) is 0.583. The predicted molar refractivity (Wildman–Crippen MR) is 114 cm³/mol. The second kappa shape index (κ2) is 10.8. The third-order valence-corrected chi connectivity index (χ3v) is 4.44. The number of nitrogens with zero attached hydrogens (tertiary/aromatic N) is 1. The normalized spacial score (nSPS) is 10.8. The fraction of sp³-hybridized carbons (Fsp3) is 0.238. The Bertz CT molecular complexity index is 1080. The van der Waals surface area contributed by atoms with E-state index in [0.717, 1.165) is 11.0 Å². The van der Waals surface area contributed by atoms with Gasteiger partial charge in [0.2, 0.25) is 11.8 Å². The van der Waals surface area contributed by atoms with Gasteiger partial charge in [-0.1, -0.05) is 17.7 Å². The number of likely N-dealkylation sites (N-methyl/N-ethyl adjacent to an activating group) is 1. The third-order valence-electron chi connectivity index (χ3n) is 4.11. The maximum Gasteiger partial charge on any atom is 0.417 e. The number of halogens is 4. The van der Waals surface area contributed by atoms with Crippen LogP contribution in [0.2, 0.25) is 5.02 Å². The molecule has 0 saturated carbocycles. The summed E-state index contributed by atoms with van der Waals surface area (Å²) in [4.78, 5) is 48.4. The highest BCUT2D eigenvalue weighted by molar-refractivity contribution is 6.31. The average Bonchev–Trinajstić information content (AvgIpc) is 2.71. The van der Waals surface area contributed by atoms with Gasteiger partial charge < -0.3 is 20.3 Å². The van der Waals surface area contributed by atoms with Gasteiger partial charge in [0.05, 0.1) is 22.7 Å². The van der Waals surface area contributed by atoms with Crippen molar-refractivity contribution in [1.29, 1.82) is 0 Å². The van der Waals surface area contributed by atoms with Crippen molar-refractivity contribution in [2.24, 2.45) is 0 Å². The van der Waals surface area contributed by atoms with E-state index in [0.29, 0.717) is 11.8 Å². The number of nitrogens with one attached hydrogen (secondary N) is 2. The van der Waals surface area contributed by atoms with Gasteiger partial charge in [0.1, 0.15) is 0 Å². The molecule has 0 aliphatic carbocycles. The van der Waals surface area contributed by atoms with Gasteiger partial charge in [-0.15, -0.1) is 0 Å². The molecule has 0 fully saturated rings. The summed E-state index contributed by atoms with van der Waals surface area (Å²) < 4.78 is 43.7. The molecule has 0 aliphatic rings. The van der Waals surface area contributed by atoms with Crippen LogP contribution >= 0.6 is 11.6 Å². The molecule has 0 radical (unpaired) electrons. The molecule has 0 bridgehead atoms. The first-order valence-corrected chi connectivity index (χ1v) is 9.70. The van der Waals surface area contributed by atoms with Crippen molar-refractivity contribution in [1.82, 2.24) is 4.90 Å². The number of hydrogen-bond acceptors (Lipinski definition) is 5. The van der Waals surface area contributed by atoms with Crippen LogP contribution in [0.5, 0.6) is 0 Å². The SMILES string of the molecule is CC(=O)Nc1cccc(C(=O)OCC(=O)N(C)CC(=O)Nc2ccc(Cl)c(C(F)(F)F)c2)c1. The van der Waals surface area contributed by atoms with Crippen LogP contribution in [0.1, 0.15) is 22.8 Å². The van der Waals surface area contributed by atoms with Crippen LogP contribution in [0.15, 0.2) is 42.5 Å². The zero-order valence-electron chi connectivity index (χ0n) is 17.5. The number of hydrogen-bond donors (Lipinski definition) is 2. The monoisotopic (exact) mass is 485 g/mol. The van der Waals surface area contributed by atoms with Crippen molar-refractivity contribution in [3.05, 3.63) is 58.6 Å². The van der Waals surface area contributed by atoms with Gasteiger partial charge in [-0.3, -0.25) is 14.4 Å². The molecule has 0 unspecified atom stereocenters. The molecular weight excluding hydrogens is 467 g/mol. The first-order chi connectivity index (χ1) is 15.4. The molecule has 0 aromatic heterocycles. The van der Waals surface area contributed by atoms with E-state index in [1.807, 2.05) is 0 Å². The number of anilines is 2. The van der Waals surface area contributed by atoms with Crippen molar-refractivity contribution in [2.75, 3.05) is 30.8 Å². The van der Waals surface area contributed by atoms with Crippen LogP contribution in [0.25, 0.3) is 0 Å². The van der Waals surface area contributed by atoms with E-state index in [2.05, 4.69) is 10.6 Å². The Morgan fingerprint density at radius 3 is 2.33 bits per heavy atom. The maximum atomic E-state index is 12.9. The molecule has 0 atom stereocenters. The molecule has 0 spiro atoms. The van der Waals surface area contributed by atoms with Crippen molar-refractivity contribution in [3.63, 3.8) is 0 Å². The van der Waals surface area contributed by atoms with Gasteiger partial charge in [-0.05, 0) is 36.4 Å². The molecule has 12 heteroatoms. The van der Waals surface area contributed by atoms with Gasteiger partial charge in [0.25, 0.3) is 5.91 Å². The fourth-order valence-corrected chi connectivity index (χ4v) is 2.80. The number of amides is 3. The van der Waals surface area contributed by atoms with Crippen LogP contribution in [0.4, 0.5) is 24.5 Å². The summed E-state index contributed by atoms with van der Waals surface area (Å²) in [5.74, 6) is -2.64. The van der Waals surface area contributed by atoms with Gasteiger partial charge in [-0.2, -0.15) is 13.2 Å². The smallest absolute Gasteiger partial charge is 0.417 e. The Balaban J connectivity index is 1.90. The molecule has 2 rings (SSSR count). The number of carbonyl (C=O) groups is 4. The van der Waals surface area contributed by atoms with E-state index in [9.17, 15) is 32.3 Å². The van der Waals surface area contributed by atoms with Gasteiger partial charge in [0, 0.05) is 25.3 Å². The first-order valence-electron chi connectivity index (χ1n) is 9.32. The minimum absolute atomic E-state index is 0.0950. The highest BCUT2D eigenvalue weighted by atomic mass is 35.5. The summed E-state index contributed by atoms with van der Waals surface area (Å²) in [5.41, 5.74) is -0.797. The van der Waals surface area contributed by atoms with Crippen LogP contribution in [-0.2, 0) is 25.3 Å². The summed E-state index contributed by atoms with van der Waals surface area (Å²) in [6, 6.07) is 8.74. The Kier molecular flexibility index (Phi) is 8.41. The summed E-state index contributed by atoms with van der Waals surface area (Å²) >= 11 is 5.53. The summed E-state index contributed by atoms with van der Waals surface area (Å²) in [5, 5.41) is 4.23. The minimum Gasteiger partial charge on any atom is -0.452 e. The lowest BCUT2D eigenvalue weighted by atomic mass is 10.2. The van der Waals surface area contributed by atoms with E-state index < -0.39 is 47.7 Å². The standard InChI is InChI=1S/C21H19ClF3N3O5/c1-12(29)26-14-5-3-4-13(8-14)20(32)33-11-19(31)28(2)10-18(30)27-15-6-7-17(22)16(9-15)21(23,24)25/h3-9H,10-11H2,1-2H3,(H,26,29)(H,27,30). The number of esters is 1. The summed E-state index contributed by atoms with van der Waals surface area (Å²) in [6.45, 7) is 0.127. The highest BCUT2D eigenvalue weighted by Gasteiger charge is 2.33. The Labute approximate surface area is 191 Å². The van der Waals surface area contributed by atoms with Crippen LogP contribution in [0, 0.1) is 0 Å².